The minimum absolute atomic E-state index is 0.0585. The molecule has 0 saturated heterocycles. The highest BCUT2D eigenvalue weighted by atomic mass is 19.1. The maximum Gasteiger partial charge on any atom is 0.322 e. The van der Waals surface area contributed by atoms with E-state index in [0.717, 1.165) is 0 Å². The Morgan fingerprint density at radius 1 is 1.27 bits per heavy atom. The third-order valence-electron chi connectivity index (χ3n) is 5.42. The molecular formula is C24H25FN4O4. The number of hydrogen-bond donors (Lipinski definition) is 2. The van der Waals surface area contributed by atoms with E-state index in [2.05, 4.69) is 15.5 Å². The molecule has 0 fully saturated rings. The van der Waals surface area contributed by atoms with Crippen LogP contribution in [0.4, 0.5) is 9.18 Å². The number of methoxy groups -OCH3 is 1. The van der Waals surface area contributed by atoms with Gasteiger partial charge in [0, 0.05) is 17.8 Å². The molecule has 0 radical (unpaired) electrons. The zero-order chi connectivity index (χ0) is 23.7. The predicted molar refractivity (Wildman–Crippen MR) is 120 cm³/mol. The Morgan fingerprint density at radius 3 is 2.73 bits per heavy atom. The summed E-state index contributed by atoms with van der Waals surface area (Å²) in [6, 6.07) is 9.89. The molecule has 2 aromatic carbocycles. The van der Waals surface area contributed by atoms with E-state index in [1.54, 1.807) is 29.2 Å². The molecule has 1 atom stereocenters. The van der Waals surface area contributed by atoms with Crippen LogP contribution < -0.4 is 10.1 Å². The molecule has 0 saturated carbocycles. The highest BCUT2D eigenvalue weighted by molar-refractivity contribution is 5.87. The average molecular weight is 452 g/mol. The van der Waals surface area contributed by atoms with Gasteiger partial charge in [0.05, 0.1) is 18.7 Å². The summed E-state index contributed by atoms with van der Waals surface area (Å²) in [4.78, 5) is 19.1. The van der Waals surface area contributed by atoms with Crippen LogP contribution in [-0.2, 0) is 0 Å². The molecule has 1 aliphatic rings. The number of urea groups is 1. The van der Waals surface area contributed by atoms with Crippen LogP contribution in [0.1, 0.15) is 38.3 Å². The lowest BCUT2D eigenvalue weighted by Crippen LogP contribution is -2.47. The van der Waals surface area contributed by atoms with Crippen molar-refractivity contribution in [1.29, 1.82) is 0 Å². The van der Waals surface area contributed by atoms with E-state index in [0.29, 0.717) is 34.7 Å². The molecule has 2 heterocycles. The van der Waals surface area contributed by atoms with Gasteiger partial charge in [-0.05, 0) is 42.7 Å². The normalized spacial score (nSPS) is 16.4. The quantitative estimate of drug-likeness (QED) is 0.560. The Bertz CT molecular complexity index is 1220. The van der Waals surface area contributed by atoms with Crippen molar-refractivity contribution in [3.8, 4) is 22.9 Å². The lowest BCUT2D eigenvalue weighted by molar-refractivity contribution is 0.199. The van der Waals surface area contributed by atoms with Crippen molar-refractivity contribution >= 4 is 11.6 Å². The maximum absolute atomic E-state index is 13.7. The number of allylic oxidation sites excluding steroid dienone is 1. The molecule has 3 aromatic rings. The van der Waals surface area contributed by atoms with E-state index in [1.165, 1.54) is 25.3 Å². The number of halogens is 1. The van der Waals surface area contributed by atoms with Gasteiger partial charge in [0.25, 0.3) is 5.89 Å². The fraction of sp³-hybridized carbons (Fsp3) is 0.292. The second-order valence-corrected chi connectivity index (χ2v) is 8.25. The summed E-state index contributed by atoms with van der Waals surface area (Å²) in [7, 11) is 1.46. The Labute approximate surface area is 190 Å². The minimum Gasteiger partial charge on any atom is -0.504 e. The molecule has 1 unspecified atom stereocenters. The van der Waals surface area contributed by atoms with E-state index in [-0.39, 0.29) is 29.4 Å². The summed E-state index contributed by atoms with van der Waals surface area (Å²) in [6.07, 6.45) is 0. The Kier molecular flexibility index (Phi) is 6.04. The first kappa shape index (κ1) is 22.3. The molecule has 172 valence electrons. The number of phenols is 1. The van der Waals surface area contributed by atoms with E-state index >= 15 is 0 Å². The van der Waals surface area contributed by atoms with Gasteiger partial charge in [0.15, 0.2) is 11.5 Å². The average Bonchev–Trinajstić information content (AvgIpc) is 3.26. The number of aromatic hydroxyl groups is 1. The van der Waals surface area contributed by atoms with Crippen LogP contribution in [0.2, 0.25) is 0 Å². The zero-order valence-corrected chi connectivity index (χ0v) is 18.8. The van der Waals surface area contributed by atoms with Crippen LogP contribution in [0.3, 0.4) is 0 Å². The Hall–Kier alpha value is -3.88. The van der Waals surface area contributed by atoms with Crippen molar-refractivity contribution in [2.45, 2.75) is 26.8 Å². The van der Waals surface area contributed by atoms with Crippen LogP contribution in [0.5, 0.6) is 11.5 Å². The van der Waals surface area contributed by atoms with E-state index in [9.17, 15) is 14.3 Å². The van der Waals surface area contributed by atoms with Crippen molar-refractivity contribution in [2.75, 3.05) is 13.7 Å². The van der Waals surface area contributed by atoms with Crippen LogP contribution >= 0.6 is 0 Å². The monoisotopic (exact) mass is 452 g/mol. The van der Waals surface area contributed by atoms with Crippen molar-refractivity contribution in [3.05, 3.63) is 65.4 Å². The summed E-state index contributed by atoms with van der Waals surface area (Å²) < 4.78 is 24.4. The van der Waals surface area contributed by atoms with Crippen LogP contribution in [0.25, 0.3) is 17.0 Å². The van der Waals surface area contributed by atoms with E-state index in [1.807, 2.05) is 20.8 Å². The van der Waals surface area contributed by atoms with Crippen molar-refractivity contribution < 1.29 is 23.6 Å². The summed E-state index contributed by atoms with van der Waals surface area (Å²) in [5.74, 6) is 0.495. The van der Waals surface area contributed by atoms with Gasteiger partial charge >= 0.3 is 6.03 Å². The topological polar surface area (TPSA) is 101 Å². The van der Waals surface area contributed by atoms with Gasteiger partial charge in [-0.1, -0.05) is 37.2 Å². The second kappa shape index (κ2) is 8.93. The molecule has 0 spiro atoms. The van der Waals surface area contributed by atoms with Crippen LogP contribution in [0.15, 0.2) is 52.7 Å². The number of benzene rings is 2. The number of carbonyl (C=O) groups is 1. The SMILES string of the molecule is COc1ccc(C2NC(=O)N(CC(C)C)C(C)=C2c2nc(-c3cccc(F)c3)no2)cc1O. The van der Waals surface area contributed by atoms with Crippen molar-refractivity contribution in [3.63, 3.8) is 0 Å². The molecule has 0 aliphatic carbocycles. The lowest BCUT2D eigenvalue weighted by atomic mass is 9.94. The number of amides is 2. The molecule has 4 rings (SSSR count). The van der Waals surface area contributed by atoms with Crippen molar-refractivity contribution in [2.24, 2.45) is 5.92 Å². The third-order valence-corrected chi connectivity index (χ3v) is 5.42. The van der Waals surface area contributed by atoms with Crippen LogP contribution in [0, 0.1) is 11.7 Å². The van der Waals surface area contributed by atoms with Gasteiger partial charge in [0.1, 0.15) is 5.82 Å². The predicted octanol–water partition coefficient (Wildman–Crippen LogP) is 4.74. The number of carbonyl (C=O) groups excluding carboxylic acids is 1. The molecular weight excluding hydrogens is 427 g/mol. The molecule has 33 heavy (non-hydrogen) atoms. The number of ether oxygens (including phenoxy) is 1. The molecule has 8 nitrogen and oxygen atoms in total. The van der Waals surface area contributed by atoms with E-state index < -0.39 is 11.9 Å². The first-order chi connectivity index (χ1) is 15.8. The van der Waals surface area contributed by atoms with Crippen LogP contribution in [-0.4, -0.2) is 39.8 Å². The molecule has 1 aliphatic heterocycles. The summed E-state index contributed by atoms with van der Waals surface area (Å²) in [6.45, 7) is 6.34. The molecule has 1 aromatic heterocycles. The van der Waals surface area contributed by atoms with Gasteiger partial charge in [-0.3, -0.25) is 4.90 Å². The Morgan fingerprint density at radius 2 is 2.06 bits per heavy atom. The fourth-order valence-electron chi connectivity index (χ4n) is 3.86. The first-order valence-corrected chi connectivity index (χ1v) is 10.5. The molecule has 2 N–H and O–H groups in total. The second-order valence-electron chi connectivity index (χ2n) is 8.25. The van der Waals surface area contributed by atoms with Crippen molar-refractivity contribution in [1.82, 2.24) is 20.4 Å². The number of hydrogen-bond acceptors (Lipinski definition) is 6. The number of rotatable bonds is 6. The van der Waals surface area contributed by atoms with Gasteiger partial charge in [-0.2, -0.15) is 4.98 Å². The van der Waals surface area contributed by atoms with Gasteiger partial charge in [-0.15, -0.1) is 0 Å². The standard InChI is InChI=1S/C24H25FN4O4/c1-13(2)12-29-14(3)20(23-27-22(28-33-23)16-6-5-7-17(25)10-16)21(26-24(29)31)15-8-9-19(32-4)18(30)11-15/h5-11,13,21,30H,12H2,1-4H3,(H,26,31). The highest BCUT2D eigenvalue weighted by Gasteiger charge is 2.36. The molecule has 9 heteroatoms. The van der Waals surface area contributed by atoms with E-state index in [4.69, 9.17) is 9.26 Å². The first-order valence-electron chi connectivity index (χ1n) is 10.5. The molecule has 2 amide bonds. The smallest absolute Gasteiger partial charge is 0.322 e. The number of phenolic OH excluding ortho intramolecular Hbond substituents is 1. The summed E-state index contributed by atoms with van der Waals surface area (Å²) in [5.41, 5.74) is 2.34. The minimum atomic E-state index is -0.654. The highest BCUT2D eigenvalue weighted by Crippen LogP contribution is 2.39. The fourth-order valence-corrected chi connectivity index (χ4v) is 3.86. The maximum atomic E-state index is 13.7. The summed E-state index contributed by atoms with van der Waals surface area (Å²) >= 11 is 0. The third kappa shape index (κ3) is 4.39. The van der Waals surface area contributed by atoms with Gasteiger partial charge in [-0.25, -0.2) is 9.18 Å². The summed E-state index contributed by atoms with van der Waals surface area (Å²) in [5, 5.41) is 17.3. The molecule has 0 bridgehead atoms. The largest absolute Gasteiger partial charge is 0.504 e. The Balaban J connectivity index is 1.83. The zero-order valence-electron chi connectivity index (χ0n) is 18.8. The van der Waals surface area contributed by atoms with Gasteiger partial charge in [0.2, 0.25) is 5.82 Å². The number of aromatic nitrogens is 2. The number of nitrogens with one attached hydrogen (secondary N) is 1. The lowest BCUT2D eigenvalue weighted by Gasteiger charge is -2.36. The number of nitrogens with zero attached hydrogens (tertiary/aromatic N) is 3. The van der Waals surface area contributed by atoms with Gasteiger partial charge < -0.3 is 19.7 Å².